The molecule has 0 radical (unpaired) electrons. The average molecular weight is 211 g/mol. The van der Waals surface area contributed by atoms with Crippen LogP contribution in [0, 0.1) is 5.82 Å². The summed E-state index contributed by atoms with van der Waals surface area (Å²) in [6.07, 6.45) is 0.752. The fraction of sp³-hybridized carbons (Fsp3) is 0.300. The molecule has 1 amide bonds. The molecule has 1 saturated heterocycles. The van der Waals surface area contributed by atoms with Gasteiger partial charge < -0.3 is 5.11 Å². The van der Waals surface area contributed by atoms with E-state index in [9.17, 15) is 14.3 Å². The van der Waals surface area contributed by atoms with Gasteiger partial charge in [0.15, 0.2) is 0 Å². The number of hydrogen-bond donors (Lipinski definition) is 1. The van der Waals surface area contributed by atoms with Crippen LogP contribution in [0.15, 0.2) is 18.2 Å². The first kappa shape index (κ1) is 9.92. The lowest BCUT2D eigenvalue weighted by atomic mass is 10.2. The normalized spacial score (nSPS) is 15.7. The molecular weight excluding hydrogens is 201 g/mol. The fourth-order valence-electron chi connectivity index (χ4n) is 1.42. The lowest BCUT2D eigenvalue weighted by Gasteiger charge is -2.14. The molecule has 2 rings (SSSR count). The zero-order valence-corrected chi connectivity index (χ0v) is 7.94. The predicted molar refractivity (Wildman–Crippen MR) is 49.7 cm³/mol. The Bertz CT molecular complexity index is 388. The lowest BCUT2D eigenvalue weighted by Crippen LogP contribution is -2.26. The van der Waals surface area contributed by atoms with E-state index in [4.69, 9.17) is 4.84 Å². The minimum atomic E-state index is -0.560. The summed E-state index contributed by atoms with van der Waals surface area (Å²) in [5.41, 5.74) is -0.0723. The van der Waals surface area contributed by atoms with E-state index in [1.807, 2.05) is 0 Å². The third kappa shape index (κ3) is 1.92. The number of hydroxylamine groups is 2. The summed E-state index contributed by atoms with van der Waals surface area (Å²) in [7, 11) is 0. The van der Waals surface area contributed by atoms with Crippen molar-refractivity contribution in [2.24, 2.45) is 0 Å². The second-order valence-corrected chi connectivity index (χ2v) is 3.26. The average Bonchev–Trinajstić information content (AvgIpc) is 2.74. The summed E-state index contributed by atoms with van der Waals surface area (Å²) in [6.45, 7) is 0.941. The van der Waals surface area contributed by atoms with E-state index in [2.05, 4.69) is 0 Å². The highest BCUT2D eigenvalue weighted by Crippen LogP contribution is 2.21. The molecule has 0 saturated carbocycles. The molecule has 80 valence electrons. The van der Waals surface area contributed by atoms with Gasteiger partial charge in [-0.2, -0.15) is 0 Å². The van der Waals surface area contributed by atoms with Gasteiger partial charge in [0, 0.05) is 0 Å². The minimum absolute atomic E-state index is 0.0723. The van der Waals surface area contributed by atoms with Crippen molar-refractivity contribution in [3.05, 3.63) is 29.6 Å². The Morgan fingerprint density at radius 1 is 1.53 bits per heavy atom. The Morgan fingerprint density at radius 2 is 2.33 bits per heavy atom. The molecule has 1 N–H and O–H groups in total. The van der Waals surface area contributed by atoms with Crippen LogP contribution in [0.25, 0.3) is 0 Å². The van der Waals surface area contributed by atoms with Gasteiger partial charge in [0.05, 0.1) is 18.7 Å². The Morgan fingerprint density at radius 3 is 3.00 bits per heavy atom. The van der Waals surface area contributed by atoms with E-state index >= 15 is 0 Å². The lowest BCUT2D eigenvalue weighted by molar-refractivity contribution is -0.0769. The topological polar surface area (TPSA) is 49.8 Å². The molecule has 1 fully saturated rings. The molecular formula is C10H10FNO3. The molecule has 1 aromatic rings. The Balaban J connectivity index is 2.27. The van der Waals surface area contributed by atoms with Crippen LogP contribution >= 0.6 is 0 Å². The largest absolute Gasteiger partial charge is 0.507 e. The van der Waals surface area contributed by atoms with Gasteiger partial charge in [-0.1, -0.05) is 0 Å². The van der Waals surface area contributed by atoms with Crippen LogP contribution in [-0.2, 0) is 4.84 Å². The molecule has 0 aromatic heterocycles. The molecule has 5 heteroatoms. The molecule has 1 aliphatic rings. The number of benzene rings is 1. The van der Waals surface area contributed by atoms with Gasteiger partial charge in [-0.3, -0.25) is 9.63 Å². The summed E-state index contributed by atoms with van der Waals surface area (Å²) in [5, 5.41) is 10.5. The predicted octanol–water partition coefficient (Wildman–Crippen LogP) is 1.31. The number of carbonyl (C=O) groups excluding carboxylic acids is 1. The number of phenolic OH excluding ortho intramolecular Hbond substituents is 1. The SMILES string of the molecule is O=C(c1cc(F)ccc1O)N1CCCO1. The highest BCUT2D eigenvalue weighted by Gasteiger charge is 2.23. The van der Waals surface area contributed by atoms with E-state index in [-0.39, 0.29) is 11.3 Å². The first-order chi connectivity index (χ1) is 7.18. The molecule has 0 atom stereocenters. The first-order valence-corrected chi connectivity index (χ1v) is 4.62. The van der Waals surface area contributed by atoms with Crippen molar-refractivity contribution in [2.75, 3.05) is 13.2 Å². The van der Waals surface area contributed by atoms with Crippen LogP contribution in [0.2, 0.25) is 0 Å². The maximum Gasteiger partial charge on any atom is 0.281 e. The number of nitrogens with zero attached hydrogens (tertiary/aromatic N) is 1. The highest BCUT2D eigenvalue weighted by atomic mass is 19.1. The molecule has 1 aliphatic heterocycles. The van der Waals surface area contributed by atoms with Crippen molar-refractivity contribution in [3.63, 3.8) is 0 Å². The number of phenols is 1. The maximum absolute atomic E-state index is 12.9. The van der Waals surface area contributed by atoms with Crippen LogP contribution in [0.3, 0.4) is 0 Å². The summed E-state index contributed by atoms with van der Waals surface area (Å²) < 4.78 is 12.9. The van der Waals surface area contributed by atoms with Crippen molar-refractivity contribution in [1.82, 2.24) is 5.06 Å². The molecule has 4 nitrogen and oxygen atoms in total. The van der Waals surface area contributed by atoms with Crippen LogP contribution in [0.5, 0.6) is 5.75 Å². The Kier molecular flexibility index (Phi) is 2.55. The quantitative estimate of drug-likeness (QED) is 0.761. The van der Waals surface area contributed by atoms with E-state index in [0.717, 1.165) is 29.7 Å². The van der Waals surface area contributed by atoms with Gasteiger partial charge in [0.2, 0.25) is 0 Å². The number of hydrogen-bond acceptors (Lipinski definition) is 3. The third-order valence-corrected chi connectivity index (χ3v) is 2.17. The zero-order valence-electron chi connectivity index (χ0n) is 7.94. The highest BCUT2D eigenvalue weighted by molar-refractivity contribution is 5.96. The van der Waals surface area contributed by atoms with Gasteiger partial charge in [-0.05, 0) is 24.6 Å². The molecule has 1 aromatic carbocycles. The number of carbonyl (C=O) groups is 1. The number of rotatable bonds is 1. The van der Waals surface area contributed by atoms with Crippen LogP contribution < -0.4 is 0 Å². The second kappa shape index (κ2) is 3.86. The van der Waals surface area contributed by atoms with Crippen LogP contribution in [0.1, 0.15) is 16.8 Å². The van der Waals surface area contributed by atoms with E-state index in [1.54, 1.807) is 0 Å². The zero-order chi connectivity index (χ0) is 10.8. The summed E-state index contributed by atoms with van der Waals surface area (Å²) in [5.74, 6) is -1.31. The minimum Gasteiger partial charge on any atom is -0.507 e. The first-order valence-electron chi connectivity index (χ1n) is 4.62. The maximum atomic E-state index is 12.9. The summed E-state index contributed by atoms with van der Waals surface area (Å²) in [4.78, 5) is 16.7. The van der Waals surface area contributed by atoms with Gasteiger partial charge in [0.1, 0.15) is 11.6 Å². The van der Waals surface area contributed by atoms with E-state index in [0.29, 0.717) is 13.2 Å². The standard InChI is InChI=1S/C10H10FNO3/c11-7-2-3-9(13)8(6-7)10(14)12-4-1-5-15-12/h2-3,6,13H,1,4-5H2. The van der Waals surface area contributed by atoms with Crippen molar-refractivity contribution in [1.29, 1.82) is 0 Å². The van der Waals surface area contributed by atoms with E-state index < -0.39 is 11.7 Å². The smallest absolute Gasteiger partial charge is 0.281 e. The van der Waals surface area contributed by atoms with Gasteiger partial charge >= 0.3 is 0 Å². The molecule has 1 heterocycles. The molecule has 0 aliphatic carbocycles. The second-order valence-electron chi connectivity index (χ2n) is 3.26. The number of amides is 1. The fourth-order valence-corrected chi connectivity index (χ4v) is 1.42. The number of aromatic hydroxyl groups is 1. The molecule has 15 heavy (non-hydrogen) atoms. The van der Waals surface area contributed by atoms with Gasteiger partial charge in [0.25, 0.3) is 5.91 Å². The number of halogens is 1. The van der Waals surface area contributed by atoms with Crippen LogP contribution in [-0.4, -0.2) is 29.2 Å². The van der Waals surface area contributed by atoms with Crippen molar-refractivity contribution < 1.29 is 19.1 Å². The summed E-state index contributed by atoms with van der Waals surface area (Å²) in [6, 6.07) is 3.24. The molecule has 0 spiro atoms. The van der Waals surface area contributed by atoms with Gasteiger partial charge in [-0.15, -0.1) is 0 Å². The third-order valence-electron chi connectivity index (χ3n) is 2.17. The van der Waals surface area contributed by atoms with Crippen molar-refractivity contribution in [3.8, 4) is 5.75 Å². The molecule has 0 bridgehead atoms. The van der Waals surface area contributed by atoms with E-state index in [1.165, 1.54) is 0 Å². The van der Waals surface area contributed by atoms with Crippen molar-refractivity contribution >= 4 is 5.91 Å². The van der Waals surface area contributed by atoms with Crippen molar-refractivity contribution in [2.45, 2.75) is 6.42 Å². The van der Waals surface area contributed by atoms with Crippen LogP contribution in [0.4, 0.5) is 4.39 Å². The van der Waals surface area contributed by atoms with Gasteiger partial charge in [-0.25, -0.2) is 9.45 Å². The Hall–Kier alpha value is -1.62. The molecule has 0 unspecified atom stereocenters. The Labute approximate surface area is 85.8 Å². The monoisotopic (exact) mass is 211 g/mol. The summed E-state index contributed by atoms with van der Waals surface area (Å²) >= 11 is 0.